The molecule has 0 saturated heterocycles. The van der Waals surface area contributed by atoms with Crippen molar-refractivity contribution in [3.8, 4) is 0 Å². The molecule has 0 fully saturated rings. The van der Waals surface area contributed by atoms with Crippen molar-refractivity contribution >= 4 is 24.8 Å². The standard InChI is InChI=1S/C8H16O2.3C4H9.Sn/c1-3-5-6-7(4-2)8(9)10;3*1-3-4-2;/h7H,3-6H2,1-2H3,(H,9,10);3*1,3-4H2,2H3;/q;;;;+1/p-1/t7-;;;;/m1..../s1. The molecule has 1 atom stereocenters. The van der Waals surface area contributed by atoms with Crippen LogP contribution in [0.3, 0.4) is 0 Å². The van der Waals surface area contributed by atoms with Gasteiger partial charge >= 0.3 is 151 Å². The molecule has 0 aliphatic rings. The van der Waals surface area contributed by atoms with Gasteiger partial charge in [0.1, 0.15) is 0 Å². The first-order valence-electron chi connectivity index (χ1n) is 10.3. The number of hydrogen-bond acceptors (Lipinski definition) is 2. The van der Waals surface area contributed by atoms with E-state index in [0.29, 0.717) is 0 Å². The Kier molecular flexibility index (Phi) is 14.8. The summed E-state index contributed by atoms with van der Waals surface area (Å²) in [6.45, 7) is 11.1. The summed E-state index contributed by atoms with van der Waals surface area (Å²) in [5.41, 5.74) is 0. The van der Waals surface area contributed by atoms with Gasteiger partial charge in [-0.25, -0.2) is 0 Å². The van der Waals surface area contributed by atoms with Crippen molar-refractivity contribution < 1.29 is 7.87 Å². The molecule has 0 bridgehead atoms. The second-order valence-corrected chi connectivity index (χ2v) is 18.8. The molecule has 0 aromatic carbocycles. The SMILES string of the molecule is CCCC[C@@H](CC)C(=O)[O][Sn]([CH2]CCC)([CH2]CCC)[CH2]CCC. The second-order valence-electron chi connectivity index (χ2n) is 7.16. The molecule has 2 nitrogen and oxygen atoms in total. The monoisotopic (exact) mass is 434 g/mol. The van der Waals surface area contributed by atoms with Crippen LogP contribution in [0.15, 0.2) is 0 Å². The van der Waals surface area contributed by atoms with Crippen LogP contribution < -0.4 is 0 Å². The van der Waals surface area contributed by atoms with Gasteiger partial charge in [0.25, 0.3) is 0 Å². The fourth-order valence-corrected chi connectivity index (χ4v) is 16.5. The molecule has 0 aliphatic heterocycles. The number of carbonyl (C=O) groups excluding carboxylic acids is 1. The molecular formula is C20H42O2Sn. The van der Waals surface area contributed by atoms with Gasteiger partial charge in [0, 0.05) is 0 Å². The first-order chi connectivity index (χ1) is 11.1. The van der Waals surface area contributed by atoms with Crippen LogP contribution in [0, 0.1) is 5.92 Å². The molecule has 0 spiro atoms. The van der Waals surface area contributed by atoms with Crippen molar-refractivity contribution in [2.45, 2.75) is 112 Å². The molecule has 0 unspecified atom stereocenters. The van der Waals surface area contributed by atoms with Crippen LogP contribution in [0.4, 0.5) is 0 Å². The van der Waals surface area contributed by atoms with E-state index in [0.717, 1.165) is 19.3 Å². The molecule has 0 saturated carbocycles. The summed E-state index contributed by atoms with van der Waals surface area (Å²) in [5, 5.41) is 0. The fourth-order valence-electron chi connectivity index (χ4n) is 3.26. The third-order valence-corrected chi connectivity index (χ3v) is 17.6. The van der Waals surface area contributed by atoms with Gasteiger partial charge in [-0.15, -0.1) is 0 Å². The Morgan fingerprint density at radius 1 is 0.783 bits per heavy atom. The Hall–Kier alpha value is 0.269. The molecule has 23 heavy (non-hydrogen) atoms. The Morgan fingerprint density at radius 2 is 1.22 bits per heavy atom. The zero-order valence-corrected chi connectivity index (χ0v) is 19.4. The van der Waals surface area contributed by atoms with Crippen LogP contribution in [-0.2, 0) is 7.87 Å². The summed E-state index contributed by atoms with van der Waals surface area (Å²) in [6.07, 6.45) is 11.7. The van der Waals surface area contributed by atoms with Crippen LogP contribution in [0.1, 0.15) is 98.8 Å². The molecule has 0 amide bonds. The number of rotatable bonds is 15. The van der Waals surface area contributed by atoms with Crippen LogP contribution in [-0.4, -0.2) is 24.8 Å². The van der Waals surface area contributed by atoms with E-state index in [1.54, 1.807) is 0 Å². The van der Waals surface area contributed by atoms with Crippen molar-refractivity contribution in [3.05, 3.63) is 0 Å². The van der Waals surface area contributed by atoms with E-state index in [1.165, 1.54) is 58.3 Å². The number of hydrogen-bond donors (Lipinski definition) is 0. The topological polar surface area (TPSA) is 26.3 Å². The van der Waals surface area contributed by atoms with E-state index in [2.05, 4.69) is 34.6 Å². The summed E-state index contributed by atoms with van der Waals surface area (Å²) in [6, 6.07) is 0. The molecular weight excluding hydrogens is 391 g/mol. The van der Waals surface area contributed by atoms with E-state index >= 15 is 0 Å². The van der Waals surface area contributed by atoms with Crippen molar-refractivity contribution in [2.24, 2.45) is 5.92 Å². The predicted molar refractivity (Wildman–Crippen MR) is 104 cm³/mol. The van der Waals surface area contributed by atoms with Gasteiger partial charge in [-0.2, -0.15) is 0 Å². The van der Waals surface area contributed by atoms with Gasteiger partial charge in [0.2, 0.25) is 0 Å². The van der Waals surface area contributed by atoms with Gasteiger partial charge in [-0.05, 0) is 0 Å². The van der Waals surface area contributed by atoms with Crippen LogP contribution in [0.2, 0.25) is 13.3 Å². The van der Waals surface area contributed by atoms with Gasteiger partial charge in [-0.1, -0.05) is 0 Å². The fraction of sp³-hybridized carbons (Fsp3) is 0.950. The first-order valence-corrected chi connectivity index (χ1v) is 17.5. The average molecular weight is 433 g/mol. The minimum absolute atomic E-state index is 0.149. The minimum atomic E-state index is -2.76. The van der Waals surface area contributed by atoms with Gasteiger partial charge in [0.05, 0.1) is 0 Å². The van der Waals surface area contributed by atoms with Crippen molar-refractivity contribution in [1.82, 2.24) is 0 Å². The third kappa shape index (κ3) is 9.99. The summed E-state index contributed by atoms with van der Waals surface area (Å²) >= 11 is -2.76. The molecule has 0 aromatic rings. The zero-order valence-electron chi connectivity index (χ0n) is 16.6. The first kappa shape index (κ1) is 23.3. The third-order valence-electron chi connectivity index (χ3n) is 5.01. The Morgan fingerprint density at radius 3 is 1.57 bits per heavy atom. The summed E-state index contributed by atoms with van der Waals surface area (Å²) in [4.78, 5) is 12.8. The maximum absolute atomic E-state index is 12.8. The van der Waals surface area contributed by atoms with Gasteiger partial charge < -0.3 is 0 Å². The van der Waals surface area contributed by atoms with Crippen LogP contribution >= 0.6 is 0 Å². The molecule has 0 rings (SSSR count). The predicted octanol–water partition coefficient (Wildman–Crippen LogP) is 7.09. The van der Waals surface area contributed by atoms with E-state index in [1.807, 2.05) is 0 Å². The zero-order chi connectivity index (χ0) is 17.6. The van der Waals surface area contributed by atoms with Crippen molar-refractivity contribution in [3.63, 3.8) is 0 Å². The second kappa shape index (κ2) is 14.6. The van der Waals surface area contributed by atoms with E-state index in [-0.39, 0.29) is 11.9 Å². The molecule has 0 N–H and O–H groups in total. The Bertz CT molecular complexity index is 270. The van der Waals surface area contributed by atoms with Crippen LogP contribution in [0.5, 0.6) is 0 Å². The van der Waals surface area contributed by atoms with E-state index < -0.39 is 18.8 Å². The quantitative estimate of drug-likeness (QED) is 0.258. The van der Waals surface area contributed by atoms with Gasteiger partial charge in [-0.3, -0.25) is 0 Å². The van der Waals surface area contributed by atoms with Crippen molar-refractivity contribution in [1.29, 1.82) is 0 Å². The van der Waals surface area contributed by atoms with Crippen LogP contribution in [0.25, 0.3) is 0 Å². The van der Waals surface area contributed by atoms with Gasteiger partial charge in [0.15, 0.2) is 0 Å². The molecule has 0 aromatic heterocycles. The summed E-state index contributed by atoms with van der Waals surface area (Å²) in [7, 11) is 0. The normalized spacial score (nSPS) is 13.1. The molecule has 0 radical (unpaired) electrons. The Balaban J connectivity index is 4.99. The molecule has 3 heteroatoms. The van der Waals surface area contributed by atoms with E-state index in [4.69, 9.17) is 3.07 Å². The molecule has 0 heterocycles. The van der Waals surface area contributed by atoms with E-state index in [9.17, 15) is 4.79 Å². The maximum atomic E-state index is 12.8. The number of carbonyl (C=O) groups is 1. The molecule has 0 aliphatic carbocycles. The number of unbranched alkanes of at least 4 members (excludes halogenated alkanes) is 4. The summed E-state index contributed by atoms with van der Waals surface area (Å²) < 4.78 is 10.2. The summed E-state index contributed by atoms with van der Waals surface area (Å²) in [5.74, 6) is 0.316. The van der Waals surface area contributed by atoms with Crippen molar-refractivity contribution in [2.75, 3.05) is 0 Å². The average Bonchev–Trinajstić information content (AvgIpc) is 2.56. The molecule has 138 valence electrons. The Labute approximate surface area is 150 Å².